The third-order valence-corrected chi connectivity index (χ3v) is 2.19. The molecule has 2 N–H and O–H groups in total. The minimum Gasteiger partial charge on any atom is -0.362 e. The van der Waals surface area contributed by atoms with Gasteiger partial charge >= 0.3 is 6.18 Å². The van der Waals surface area contributed by atoms with E-state index in [0.717, 1.165) is 12.1 Å². The van der Waals surface area contributed by atoms with Gasteiger partial charge in [0.2, 0.25) is 0 Å². The summed E-state index contributed by atoms with van der Waals surface area (Å²) in [6.07, 6.45) is -2.93. The third-order valence-electron chi connectivity index (χ3n) is 1.96. The first-order valence-electron chi connectivity index (χ1n) is 5.17. The lowest BCUT2D eigenvalue weighted by molar-refractivity contribution is -0.137. The first-order chi connectivity index (χ1) is 8.43. The number of halogens is 3. The summed E-state index contributed by atoms with van der Waals surface area (Å²) >= 11 is 4.85. The highest BCUT2D eigenvalue weighted by molar-refractivity contribution is 7.80. The van der Waals surface area contributed by atoms with Crippen molar-refractivity contribution in [2.24, 2.45) is 5.10 Å². The second kappa shape index (κ2) is 6.34. The molecule has 1 rings (SSSR count). The molecule has 0 aromatic heterocycles. The highest BCUT2D eigenvalue weighted by Crippen LogP contribution is 2.28. The molecule has 0 fully saturated rings. The Balaban J connectivity index is 2.59. The Labute approximate surface area is 108 Å². The van der Waals surface area contributed by atoms with Crippen LogP contribution in [0.15, 0.2) is 29.4 Å². The van der Waals surface area contributed by atoms with E-state index in [0.29, 0.717) is 17.2 Å². The van der Waals surface area contributed by atoms with E-state index in [1.807, 2.05) is 6.92 Å². The summed E-state index contributed by atoms with van der Waals surface area (Å²) in [7, 11) is 0. The predicted octanol–water partition coefficient (Wildman–Crippen LogP) is 2.52. The lowest BCUT2D eigenvalue weighted by atomic mass is 10.1. The molecule has 1 aromatic rings. The molecule has 0 atom stereocenters. The zero-order valence-electron chi connectivity index (χ0n) is 9.58. The van der Waals surface area contributed by atoms with E-state index in [1.54, 1.807) is 0 Å². The van der Waals surface area contributed by atoms with Gasteiger partial charge in [0.25, 0.3) is 0 Å². The second-order valence-corrected chi connectivity index (χ2v) is 3.76. The normalized spacial score (nSPS) is 11.6. The van der Waals surface area contributed by atoms with Gasteiger partial charge in [0.15, 0.2) is 5.11 Å². The number of hydrogen-bond acceptors (Lipinski definition) is 2. The van der Waals surface area contributed by atoms with Gasteiger partial charge in [0, 0.05) is 6.54 Å². The van der Waals surface area contributed by atoms with Crippen LogP contribution >= 0.6 is 12.2 Å². The molecule has 0 bridgehead atoms. The van der Waals surface area contributed by atoms with Crippen LogP contribution < -0.4 is 10.7 Å². The smallest absolute Gasteiger partial charge is 0.362 e. The Morgan fingerprint density at radius 1 is 1.33 bits per heavy atom. The summed E-state index contributed by atoms with van der Waals surface area (Å²) in [4.78, 5) is 0. The van der Waals surface area contributed by atoms with E-state index >= 15 is 0 Å². The monoisotopic (exact) mass is 275 g/mol. The number of hydrogen-bond donors (Lipinski definition) is 2. The number of nitrogens with one attached hydrogen (secondary N) is 2. The van der Waals surface area contributed by atoms with Gasteiger partial charge in [-0.05, 0) is 36.8 Å². The fourth-order valence-electron chi connectivity index (χ4n) is 1.12. The number of alkyl halides is 3. The van der Waals surface area contributed by atoms with Crippen LogP contribution in [0, 0.1) is 0 Å². The predicted molar refractivity (Wildman–Crippen MR) is 68.4 cm³/mol. The van der Waals surface area contributed by atoms with E-state index in [4.69, 9.17) is 12.2 Å². The summed E-state index contributed by atoms with van der Waals surface area (Å²) in [5.41, 5.74) is 2.41. The van der Waals surface area contributed by atoms with Crippen molar-refractivity contribution in [3.63, 3.8) is 0 Å². The van der Waals surface area contributed by atoms with E-state index in [-0.39, 0.29) is 0 Å². The fraction of sp³-hybridized carbons (Fsp3) is 0.273. The van der Waals surface area contributed by atoms with Crippen molar-refractivity contribution in [1.29, 1.82) is 0 Å². The molecule has 98 valence electrons. The zero-order chi connectivity index (χ0) is 13.6. The summed E-state index contributed by atoms with van der Waals surface area (Å²) < 4.78 is 36.9. The minimum absolute atomic E-state index is 0.362. The third kappa shape index (κ3) is 4.70. The standard InChI is InChI=1S/C11H12F3N3S/c1-2-15-10(18)17-16-7-8-3-5-9(6-4-8)11(12,13)14/h3-7H,2H2,1H3,(H2,15,17,18)/b16-7-. The Morgan fingerprint density at radius 2 is 1.94 bits per heavy atom. The maximum Gasteiger partial charge on any atom is 0.416 e. The van der Waals surface area contributed by atoms with Crippen LogP contribution in [0.2, 0.25) is 0 Å². The van der Waals surface area contributed by atoms with Crippen LogP contribution in [0.3, 0.4) is 0 Å². The van der Waals surface area contributed by atoms with Gasteiger partial charge < -0.3 is 5.32 Å². The largest absolute Gasteiger partial charge is 0.416 e. The van der Waals surface area contributed by atoms with Crippen molar-refractivity contribution >= 4 is 23.5 Å². The molecule has 1 aromatic carbocycles. The van der Waals surface area contributed by atoms with Crippen LogP contribution in [0.5, 0.6) is 0 Å². The number of nitrogens with zero attached hydrogens (tertiary/aromatic N) is 1. The van der Waals surface area contributed by atoms with Crippen LogP contribution in [0.25, 0.3) is 0 Å². The molecule has 0 spiro atoms. The zero-order valence-corrected chi connectivity index (χ0v) is 10.4. The lowest BCUT2D eigenvalue weighted by Crippen LogP contribution is -2.31. The molecule has 3 nitrogen and oxygen atoms in total. The summed E-state index contributed by atoms with van der Waals surface area (Å²) in [6.45, 7) is 2.55. The molecular formula is C11H12F3N3S. The number of benzene rings is 1. The van der Waals surface area contributed by atoms with Crippen LogP contribution in [0.1, 0.15) is 18.1 Å². The van der Waals surface area contributed by atoms with Gasteiger partial charge in [-0.3, -0.25) is 5.43 Å². The fourth-order valence-corrected chi connectivity index (χ4v) is 1.32. The molecule has 0 aliphatic rings. The van der Waals surface area contributed by atoms with Crippen molar-refractivity contribution in [2.75, 3.05) is 6.54 Å². The van der Waals surface area contributed by atoms with Crippen LogP contribution in [0.4, 0.5) is 13.2 Å². The van der Waals surface area contributed by atoms with Gasteiger partial charge in [0.1, 0.15) is 0 Å². The van der Waals surface area contributed by atoms with Gasteiger partial charge in [-0.1, -0.05) is 12.1 Å². The van der Waals surface area contributed by atoms with Crippen molar-refractivity contribution < 1.29 is 13.2 Å². The van der Waals surface area contributed by atoms with Crippen molar-refractivity contribution in [3.8, 4) is 0 Å². The molecule has 0 saturated carbocycles. The van der Waals surface area contributed by atoms with Crippen LogP contribution in [-0.2, 0) is 6.18 Å². The summed E-state index contributed by atoms with van der Waals surface area (Å²) in [6, 6.07) is 4.68. The molecule has 0 amide bonds. The van der Waals surface area contributed by atoms with Gasteiger partial charge in [-0.15, -0.1) is 0 Å². The average molecular weight is 275 g/mol. The Kier molecular flexibility index (Phi) is 5.08. The van der Waals surface area contributed by atoms with E-state index < -0.39 is 11.7 Å². The van der Waals surface area contributed by atoms with Gasteiger partial charge in [-0.2, -0.15) is 18.3 Å². The quantitative estimate of drug-likeness (QED) is 0.505. The molecule has 0 aliphatic carbocycles. The van der Waals surface area contributed by atoms with E-state index in [9.17, 15) is 13.2 Å². The van der Waals surface area contributed by atoms with Crippen molar-refractivity contribution in [2.45, 2.75) is 13.1 Å². The minimum atomic E-state index is -4.32. The van der Waals surface area contributed by atoms with Crippen LogP contribution in [-0.4, -0.2) is 17.9 Å². The molecule has 0 radical (unpaired) electrons. The maximum atomic E-state index is 12.3. The second-order valence-electron chi connectivity index (χ2n) is 3.35. The topological polar surface area (TPSA) is 36.4 Å². The number of thiocarbonyl (C=S) groups is 1. The lowest BCUT2D eigenvalue weighted by Gasteiger charge is -2.06. The van der Waals surface area contributed by atoms with Crippen molar-refractivity contribution in [1.82, 2.24) is 10.7 Å². The molecule has 0 aliphatic heterocycles. The summed E-state index contributed by atoms with van der Waals surface area (Å²) in [5, 5.41) is 6.97. The SMILES string of the molecule is CCNC(=S)N/N=C\c1ccc(C(F)(F)F)cc1. The average Bonchev–Trinajstić information content (AvgIpc) is 2.29. The first kappa shape index (κ1) is 14.4. The van der Waals surface area contributed by atoms with E-state index in [1.165, 1.54) is 18.3 Å². The van der Waals surface area contributed by atoms with Gasteiger partial charge in [0.05, 0.1) is 11.8 Å². The highest BCUT2D eigenvalue weighted by Gasteiger charge is 2.29. The number of rotatable bonds is 3. The molecular weight excluding hydrogens is 263 g/mol. The molecule has 7 heteroatoms. The molecule has 0 saturated heterocycles. The Hall–Kier alpha value is -1.63. The maximum absolute atomic E-state index is 12.3. The van der Waals surface area contributed by atoms with E-state index in [2.05, 4.69) is 15.8 Å². The molecule has 0 unspecified atom stereocenters. The Bertz CT molecular complexity index is 426. The summed E-state index contributed by atoms with van der Waals surface area (Å²) in [5.74, 6) is 0. The Morgan fingerprint density at radius 3 is 2.44 bits per heavy atom. The highest BCUT2D eigenvalue weighted by atomic mass is 32.1. The van der Waals surface area contributed by atoms with Gasteiger partial charge in [-0.25, -0.2) is 0 Å². The molecule has 0 heterocycles. The van der Waals surface area contributed by atoms with Crippen molar-refractivity contribution in [3.05, 3.63) is 35.4 Å². The first-order valence-corrected chi connectivity index (χ1v) is 5.58. The molecule has 18 heavy (non-hydrogen) atoms. The number of hydrazone groups is 1.